The SMILES string of the molecule is Cc1ccc(C(c2ccn3c(C(F)F)nnc3c2C)C(C)(C)C(=O)O)cc1CN1CCCOCCOc2ncccc2S1(=O)=O. The minimum atomic E-state index is -4.06. The van der Waals surface area contributed by atoms with Gasteiger partial charge >= 0.3 is 5.97 Å². The fourth-order valence-electron chi connectivity index (χ4n) is 5.66. The number of carboxylic acid groups (broad SMARTS) is 1. The second-order valence-electron chi connectivity index (χ2n) is 11.6. The van der Waals surface area contributed by atoms with Gasteiger partial charge in [-0.25, -0.2) is 22.2 Å². The van der Waals surface area contributed by atoms with Gasteiger partial charge in [0.1, 0.15) is 11.5 Å². The molecule has 14 heteroatoms. The number of hydrogen-bond donors (Lipinski definition) is 1. The van der Waals surface area contributed by atoms with Crippen LogP contribution in [0.25, 0.3) is 5.65 Å². The van der Waals surface area contributed by atoms with Gasteiger partial charge in [0.15, 0.2) is 5.65 Å². The Bertz CT molecular complexity index is 1830. The summed E-state index contributed by atoms with van der Waals surface area (Å²) < 4.78 is 68.9. The van der Waals surface area contributed by atoms with E-state index in [2.05, 4.69) is 15.2 Å². The van der Waals surface area contributed by atoms with Crippen LogP contribution in [0, 0.1) is 19.3 Å². The van der Waals surface area contributed by atoms with Crippen LogP contribution in [-0.4, -0.2) is 69.7 Å². The van der Waals surface area contributed by atoms with Gasteiger partial charge in [0.05, 0.1) is 12.0 Å². The number of carbonyl (C=O) groups is 1. The normalized spacial score (nSPS) is 17.0. The van der Waals surface area contributed by atoms with Crippen LogP contribution in [0.1, 0.15) is 66.3 Å². The third-order valence-electron chi connectivity index (χ3n) is 8.24. The highest BCUT2D eigenvalue weighted by Crippen LogP contribution is 2.44. The predicted molar refractivity (Wildman–Crippen MR) is 160 cm³/mol. The first-order chi connectivity index (χ1) is 21.3. The Hall–Kier alpha value is -4.01. The van der Waals surface area contributed by atoms with Gasteiger partial charge in [-0.1, -0.05) is 18.2 Å². The van der Waals surface area contributed by atoms with E-state index in [9.17, 15) is 27.1 Å². The summed E-state index contributed by atoms with van der Waals surface area (Å²) in [7, 11) is -4.06. The number of aryl methyl sites for hydroxylation is 2. The number of benzene rings is 1. The van der Waals surface area contributed by atoms with Gasteiger partial charge in [-0.15, -0.1) is 10.2 Å². The highest BCUT2D eigenvalue weighted by Gasteiger charge is 2.40. The van der Waals surface area contributed by atoms with E-state index in [1.807, 2.05) is 25.1 Å². The average Bonchev–Trinajstić information content (AvgIpc) is 3.43. The second-order valence-corrected chi connectivity index (χ2v) is 13.5. The van der Waals surface area contributed by atoms with Crippen molar-refractivity contribution in [2.45, 2.75) is 57.9 Å². The van der Waals surface area contributed by atoms with Gasteiger partial charge in [-0.2, -0.15) is 4.31 Å². The van der Waals surface area contributed by atoms with E-state index in [0.717, 1.165) is 5.56 Å². The summed E-state index contributed by atoms with van der Waals surface area (Å²) in [6, 6.07) is 10.1. The number of nitrogens with zero attached hydrogens (tertiary/aromatic N) is 5. The van der Waals surface area contributed by atoms with Crippen LogP contribution in [0.5, 0.6) is 5.88 Å². The molecule has 1 aliphatic heterocycles. The maximum atomic E-state index is 14.0. The lowest BCUT2D eigenvalue weighted by Gasteiger charge is -2.33. The average molecular weight is 644 g/mol. The molecule has 0 aliphatic carbocycles. The Labute approximate surface area is 259 Å². The van der Waals surface area contributed by atoms with Crippen LogP contribution < -0.4 is 4.74 Å². The number of sulfonamides is 1. The number of aromatic nitrogens is 4. The molecule has 0 radical (unpaired) electrons. The number of halogens is 2. The van der Waals surface area contributed by atoms with Crippen LogP contribution in [0.2, 0.25) is 0 Å². The predicted octanol–water partition coefficient (Wildman–Crippen LogP) is 4.91. The number of alkyl halides is 2. The number of fused-ring (bicyclic) bond motifs is 2. The summed E-state index contributed by atoms with van der Waals surface area (Å²) in [5.41, 5.74) is 2.03. The zero-order valence-electron chi connectivity index (χ0n) is 25.4. The lowest BCUT2D eigenvalue weighted by Crippen LogP contribution is -2.34. The van der Waals surface area contributed by atoms with Crippen LogP contribution in [0.15, 0.2) is 53.7 Å². The molecule has 1 atom stereocenters. The van der Waals surface area contributed by atoms with Crippen molar-refractivity contribution in [2.75, 3.05) is 26.4 Å². The molecule has 1 unspecified atom stereocenters. The van der Waals surface area contributed by atoms with E-state index in [-0.39, 0.29) is 36.1 Å². The van der Waals surface area contributed by atoms with E-state index in [1.165, 1.54) is 33.2 Å². The Morgan fingerprint density at radius 2 is 1.89 bits per heavy atom. The van der Waals surface area contributed by atoms with Crippen molar-refractivity contribution in [3.63, 3.8) is 0 Å². The molecule has 45 heavy (non-hydrogen) atoms. The van der Waals surface area contributed by atoms with Crippen molar-refractivity contribution < 1.29 is 36.6 Å². The van der Waals surface area contributed by atoms with Crippen molar-refractivity contribution in [1.29, 1.82) is 0 Å². The van der Waals surface area contributed by atoms with E-state index in [0.29, 0.717) is 41.9 Å². The fraction of sp³-hybridized carbons (Fsp3) is 0.419. The highest BCUT2D eigenvalue weighted by atomic mass is 32.2. The lowest BCUT2D eigenvalue weighted by atomic mass is 9.70. The molecule has 3 aromatic heterocycles. The molecule has 4 heterocycles. The van der Waals surface area contributed by atoms with Crippen molar-refractivity contribution in [3.8, 4) is 5.88 Å². The minimum absolute atomic E-state index is 0.00347. The number of rotatable bonds is 7. The molecule has 0 saturated heterocycles. The molecule has 1 aliphatic rings. The molecule has 0 saturated carbocycles. The number of carboxylic acids is 1. The number of pyridine rings is 2. The van der Waals surface area contributed by atoms with E-state index >= 15 is 0 Å². The zero-order chi connectivity index (χ0) is 32.5. The van der Waals surface area contributed by atoms with Crippen molar-refractivity contribution in [1.82, 2.24) is 23.9 Å². The number of hydrogen-bond acceptors (Lipinski definition) is 8. The van der Waals surface area contributed by atoms with E-state index in [4.69, 9.17) is 9.47 Å². The molecule has 240 valence electrons. The first kappa shape index (κ1) is 32.4. The minimum Gasteiger partial charge on any atom is -0.481 e. The molecule has 1 aromatic carbocycles. The third kappa shape index (κ3) is 6.26. The molecule has 0 bridgehead atoms. The number of ether oxygens (including phenoxy) is 2. The van der Waals surface area contributed by atoms with E-state index < -0.39 is 39.6 Å². The van der Waals surface area contributed by atoms with Gasteiger partial charge in [-0.05, 0) is 80.1 Å². The summed E-state index contributed by atoms with van der Waals surface area (Å²) in [5.74, 6) is -2.33. The molecule has 5 rings (SSSR count). The Morgan fingerprint density at radius 3 is 2.62 bits per heavy atom. The van der Waals surface area contributed by atoms with Crippen LogP contribution in [-0.2, 0) is 26.1 Å². The molecule has 1 N–H and O–H groups in total. The molecule has 11 nitrogen and oxygen atoms in total. The number of aliphatic carboxylic acids is 1. The standard InChI is InChI=1S/C31H35F2N5O6S/c1-19-8-9-21(25(31(3,4)30(39)40)23-10-13-38-27(20(23)2)35-36-28(38)26(32)33)17-22(19)18-37-12-6-14-43-15-16-44-29-24(45(37,41)42)7-5-11-34-29/h5,7-11,13,17,25-26H,6,12,14-16,18H2,1-4H3,(H,39,40). The Kier molecular flexibility index (Phi) is 9.19. The summed E-state index contributed by atoms with van der Waals surface area (Å²) >= 11 is 0. The first-order valence-electron chi connectivity index (χ1n) is 14.4. The van der Waals surface area contributed by atoms with Crippen LogP contribution in [0.3, 0.4) is 0 Å². The molecule has 4 aromatic rings. The molecular weight excluding hydrogens is 608 g/mol. The van der Waals surface area contributed by atoms with Gasteiger partial charge in [0.25, 0.3) is 6.43 Å². The van der Waals surface area contributed by atoms with Gasteiger partial charge in [-0.3, -0.25) is 9.20 Å². The quantitative estimate of drug-likeness (QED) is 0.298. The Balaban J connectivity index is 1.61. The highest BCUT2D eigenvalue weighted by molar-refractivity contribution is 7.89. The summed E-state index contributed by atoms with van der Waals surface area (Å²) in [6.07, 6.45) is 0.495. The summed E-state index contributed by atoms with van der Waals surface area (Å²) in [6.45, 7) is 7.70. The van der Waals surface area contributed by atoms with Gasteiger partial charge in [0, 0.05) is 38.0 Å². The van der Waals surface area contributed by atoms with Gasteiger partial charge < -0.3 is 14.6 Å². The Morgan fingerprint density at radius 1 is 1.11 bits per heavy atom. The maximum absolute atomic E-state index is 14.0. The van der Waals surface area contributed by atoms with E-state index in [1.54, 1.807) is 26.8 Å². The van der Waals surface area contributed by atoms with Crippen LogP contribution >= 0.6 is 0 Å². The first-order valence-corrected chi connectivity index (χ1v) is 15.9. The zero-order valence-corrected chi connectivity index (χ0v) is 26.2. The lowest BCUT2D eigenvalue weighted by molar-refractivity contribution is -0.147. The fourth-order valence-corrected chi connectivity index (χ4v) is 7.20. The smallest absolute Gasteiger partial charge is 0.310 e. The topological polar surface area (TPSA) is 136 Å². The summed E-state index contributed by atoms with van der Waals surface area (Å²) in [4.78, 5) is 16.7. The molecular formula is C31H35F2N5O6S. The third-order valence-corrected chi connectivity index (χ3v) is 10.1. The van der Waals surface area contributed by atoms with Gasteiger partial charge in [0.2, 0.25) is 21.7 Å². The van der Waals surface area contributed by atoms with Crippen molar-refractivity contribution in [3.05, 3.63) is 82.4 Å². The second kappa shape index (κ2) is 12.8. The monoisotopic (exact) mass is 643 g/mol. The largest absolute Gasteiger partial charge is 0.481 e. The molecule has 0 spiro atoms. The van der Waals surface area contributed by atoms with Crippen LogP contribution in [0.4, 0.5) is 8.78 Å². The molecule has 0 amide bonds. The van der Waals surface area contributed by atoms with Crippen molar-refractivity contribution in [2.24, 2.45) is 5.41 Å². The maximum Gasteiger partial charge on any atom is 0.310 e. The molecule has 0 fully saturated rings. The van der Waals surface area contributed by atoms with Crippen molar-refractivity contribution >= 4 is 21.6 Å². The summed E-state index contributed by atoms with van der Waals surface area (Å²) in [5, 5.41) is 18.0.